The van der Waals surface area contributed by atoms with Gasteiger partial charge < -0.3 is 9.13 Å². The number of benzene rings is 7. The van der Waals surface area contributed by atoms with Gasteiger partial charge in [-0.1, -0.05) is 133 Å². The molecule has 0 bridgehead atoms. The van der Waals surface area contributed by atoms with Gasteiger partial charge in [0.15, 0.2) is 0 Å². The van der Waals surface area contributed by atoms with E-state index in [0.29, 0.717) is 28.1 Å². The van der Waals surface area contributed by atoms with Gasteiger partial charge in [0.2, 0.25) is 0 Å². The maximum atomic E-state index is 11.1. The lowest BCUT2D eigenvalue weighted by molar-refractivity contribution is 1.17. The average Bonchev–Trinajstić information content (AvgIpc) is 3.77. The minimum atomic E-state index is 0.362. The third-order valence-electron chi connectivity index (χ3n) is 10.4. The highest BCUT2D eigenvalue weighted by Gasteiger charge is 2.27. The first-order valence-electron chi connectivity index (χ1n) is 17.9. The van der Waals surface area contributed by atoms with Gasteiger partial charge in [0.25, 0.3) is 0 Å². The van der Waals surface area contributed by atoms with Crippen LogP contribution in [0.15, 0.2) is 176 Å². The van der Waals surface area contributed by atoms with Gasteiger partial charge in [-0.05, 0) is 48.0 Å². The molecule has 0 aliphatic carbocycles. The molecule has 0 spiro atoms. The van der Waals surface area contributed by atoms with Gasteiger partial charge in [0.05, 0.1) is 44.6 Å². The molecule has 7 aromatic carbocycles. The zero-order valence-corrected chi connectivity index (χ0v) is 29.0. The third kappa shape index (κ3) is 4.60. The van der Waals surface area contributed by atoms with Crippen molar-refractivity contribution in [3.05, 3.63) is 187 Å². The molecule has 10 rings (SSSR count). The standard InChI is InChI=1S/C49H29N5/c50-30-39-44(32-16-5-1-6-17-32)40(31-51)48(52-47(39)33-18-7-2-8-19-33)38-26-15-25-37-46-43(54(49(37)38)35-22-11-4-12-23-35)29-28-42-45(46)36-24-13-14-27-41(36)53(42)34-20-9-3-10-21-34/h1-29H. The molecule has 0 amide bonds. The molecule has 0 atom stereocenters. The van der Waals surface area contributed by atoms with Crippen molar-refractivity contribution in [3.8, 4) is 57.2 Å². The van der Waals surface area contributed by atoms with E-state index in [1.807, 2.05) is 72.8 Å². The van der Waals surface area contributed by atoms with Crippen LogP contribution in [0.1, 0.15) is 11.1 Å². The van der Waals surface area contributed by atoms with E-state index in [2.05, 4.69) is 124 Å². The molecule has 0 radical (unpaired) electrons. The number of rotatable bonds is 5. The van der Waals surface area contributed by atoms with Crippen molar-refractivity contribution >= 4 is 43.6 Å². The highest BCUT2D eigenvalue weighted by Crippen LogP contribution is 2.46. The fraction of sp³-hybridized carbons (Fsp3) is 0. The number of hydrogen-bond donors (Lipinski definition) is 0. The number of para-hydroxylation sites is 4. The molecule has 0 fully saturated rings. The molecular formula is C49H29N5. The van der Waals surface area contributed by atoms with Gasteiger partial charge >= 0.3 is 0 Å². The molecule has 0 saturated carbocycles. The number of hydrogen-bond acceptors (Lipinski definition) is 3. The molecule has 54 heavy (non-hydrogen) atoms. The molecule has 0 N–H and O–H groups in total. The minimum Gasteiger partial charge on any atom is -0.309 e. The maximum Gasteiger partial charge on any atom is 0.102 e. The lowest BCUT2D eigenvalue weighted by Gasteiger charge is -2.17. The average molecular weight is 688 g/mol. The predicted molar refractivity (Wildman–Crippen MR) is 219 cm³/mol. The Hall–Kier alpha value is -7.73. The number of aromatic nitrogens is 3. The van der Waals surface area contributed by atoms with E-state index in [9.17, 15) is 10.5 Å². The minimum absolute atomic E-state index is 0.362. The fourth-order valence-corrected chi connectivity index (χ4v) is 8.20. The summed E-state index contributed by atoms with van der Waals surface area (Å²) in [5, 5.41) is 26.3. The van der Waals surface area contributed by atoms with Crippen molar-refractivity contribution in [1.29, 1.82) is 10.5 Å². The van der Waals surface area contributed by atoms with E-state index in [4.69, 9.17) is 4.98 Å². The number of nitrogens with zero attached hydrogens (tertiary/aromatic N) is 5. The predicted octanol–water partition coefficient (Wildman–Crippen LogP) is 12.0. The molecule has 10 aromatic rings. The van der Waals surface area contributed by atoms with Crippen molar-refractivity contribution in [2.24, 2.45) is 0 Å². The van der Waals surface area contributed by atoms with Crippen LogP contribution in [0.3, 0.4) is 0 Å². The van der Waals surface area contributed by atoms with Crippen LogP contribution in [0.2, 0.25) is 0 Å². The van der Waals surface area contributed by atoms with Crippen LogP contribution in [-0.2, 0) is 0 Å². The van der Waals surface area contributed by atoms with Crippen molar-refractivity contribution < 1.29 is 0 Å². The molecule has 5 heteroatoms. The summed E-state index contributed by atoms with van der Waals surface area (Å²) in [4.78, 5) is 5.29. The summed E-state index contributed by atoms with van der Waals surface area (Å²) in [5.74, 6) is 0. The first kappa shape index (κ1) is 31.0. The molecule has 3 aromatic heterocycles. The zero-order valence-electron chi connectivity index (χ0n) is 29.0. The molecule has 5 nitrogen and oxygen atoms in total. The summed E-state index contributed by atoms with van der Waals surface area (Å²) in [5.41, 5.74) is 11.1. The van der Waals surface area contributed by atoms with Gasteiger partial charge in [0.1, 0.15) is 12.1 Å². The Bertz CT molecular complexity index is 3150. The Labute approximate surface area is 311 Å². The summed E-state index contributed by atoms with van der Waals surface area (Å²) in [7, 11) is 0. The van der Waals surface area contributed by atoms with E-state index in [0.717, 1.165) is 71.7 Å². The molecule has 0 saturated heterocycles. The van der Waals surface area contributed by atoms with Gasteiger partial charge in [-0.2, -0.15) is 10.5 Å². The van der Waals surface area contributed by atoms with Gasteiger partial charge in [-0.3, -0.25) is 0 Å². The summed E-state index contributed by atoms with van der Waals surface area (Å²) >= 11 is 0. The number of fused-ring (bicyclic) bond motifs is 7. The van der Waals surface area contributed by atoms with E-state index in [1.165, 1.54) is 0 Å². The van der Waals surface area contributed by atoms with Crippen LogP contribution in [-0.4, -0.2) is 14.1 Å². The van der Waals surface area contributed by atoms with E-state index in [-0.39, 0.29) is 0 Å². The Morgan fingerprint density at radius 2 is 0.907 bits per heavy atom. The Kier molecular flexibility index (Phi) is 7.18. The smallest absolute Gasteiger partial charge is 0.102 e. The van der Waals surface area contributed by atoms with E-state index >= 15 is 0 Å². The first-order valence-corrected chi connectivity index (χ1v) is 17.9. The Morgan fingerprint density at radius 1 is 0.407 bits per heavy atom. The van der Waals surface area contributed by atoms with Gasteiger partial charge in [-0.25, -0.2) is 4.98 Å². The summed E-state index contributed by atoms with van der Waals surface area (Å²) < 4.78 is 4.65. The fourth-order valence-electron chi connectivity index (χ4n) is 8.20. The summed E-state index contributed by atoms with van der Waals surface area (Å²) in [6, 6.07) is 64.7. The van der Waals surface area contributed by atoms with Crippen LogP contribution < -0.4 is 0 Å². The van der Waals surface area contributed by atoms with Gasteiger partial charge in [0, 0.05) is 49.6 Å². The third-order valence-corrected chi connectivity index (χ3v) is 10.4. The molecule has 0 aliphatic rings. The maximum absolute atomic E-state index is 11.1. The first-order chi connectivity index (χ1) is 26.8. The molecule has 3 heterocycles. The Balaban J connectivity index is 1.41. The quantitative estimate of drug-likeness (QED) is 0.181. The van der Waals surface area contributed by atoms with Crippen molar-refractivity contribution in [2.45, 2.75) is 0 Å². The second-order valence-electron chi connectivity index (χ2n) is 13.3. The SMILES string of the molecule is N#Cc1c(-c2ccccc2)nc(-c2cccc3c4c5c6ccccc6n(-c6ccccc6)c5ccc4n(-c4ccccc4)c23)c(C#N)c1-c1ccccc1. The zero-order chi connectivity index (χ0) is 36.2. The van der Waals surface area contributed by atoms with Crippen LogP contribution >= 0.6 is 0 Å². The number of nitriles is 2. The van der Waals surface area contributed by atoms with Gasteiger partial charge in [-0.15, -0.1) is 0 Å². The normalized spacial score (nSPS) is 11.3. The van der Waals surface area contributed by atoms with Crippen molar-refractivity contribution in [1.82, 2.24) is 14.1 Å². The molecule has 0 aliphatic heterocycles. The van der Waals surface area contributed by atoms with Crippen LogP contribution in [0.4, 0.5) is 0 Å². The summed E-state index contributed by atoms with van der Waals surface area (Å²) in [6.07, 6.45) is 0. The lowest BCUT2D eigenvalue weighted by atomic mass is 9.89. The van der Waals surface area contributed by atoms with Crippen LogP contribution in [0.5, 0.6) is 0 Å². The highest BCUT2D eigenvalue weighted by molar-refractivity contribution is 6.30. The van der Waals surface area contributed by atoms with E-state index < -0.39 is 0 Å². The molecule has 250 valence electrons. The topological polar surface area (TPSA) is 70.3 Å². The van der Waals surface area contributed by atoms with E-state index in [1.54, 1.807) is 0 Å². The monoisotopic (exact) mass is 687 g/mol. The molecular weight excluding hydrogens is 659 g/mol. The molecule has 0 unspecified atom stereocenters. The van der Waals surface area contributed by atoms with Crippen LogP contribution in [0.25, 0.3) is 88.6 Å². The summed E-state index contributed by atoms with van der Waals surface area (Å²) in [6.45, 7) is 0. The van der Waals surface area contributed by atoms with Crippen molar-refractivity contribution in [2.75, 3.05) is 0 Å². The second kappa shape index (κ2) is 12.5. The highest BCUT2D eigenvalue weighted by atomic mass is 15.0. The number of pyridine rings is 1. The van der Waals surface area contributed by atoms with Crippen molar-refractivity contribution in [3.63, 3.8) is 0 Å². The lowest BCUT2D eigenvalue weighted by Crippen LogP contribution is -2.03. The van der Waals surface area contributed by atoms with Crippen LogP contribution in [0, 0.1) is 22.7 Å². The second-order valence-corrected chi connectivity index (χ2v) is 13.3. The largest absolute Gasteiger partial charge is 0.309 e. The Morgan fingerprint density at radius 3 is 1.56 bits per heavy atom.